The quantitative estimate of drug-likeness (QED) is 0.0470. The molecule has 0 aliphatic heterocycles. The first-order valence-electron chi connectivity index (χ1n) is 15.8. The third kappa shape index (κ3) is 10.3. The van der Waals surface area contributed by atoms with Crippen LogP contribution in [0.25, 0.3) is 11.3 Å². The van der Waals surface area contributed by atoms with Gasteiger partial charge < -0.3 is 28.8 Å². The van der Waals surface area contributed by atoms with E-state index < -0.39 is 25.5 Å². The number of hydroxylamine groups is 2. The highest BCUT2D eigenvalue weighted by Crippen LogP contribution is 2.48. The van der Waals surface area contributed by atoms with Gasteiger partial charge in [-0.05, 0) is 49.6 Å². The summed E-state index contributed by atoms with van der Waals surface area (Å²) in [4.78, 5) is 44.2. The molecule has 0 fully saturated rings. The molecule has 0 unspecified atom stereocenters. The summed E-state index contributed by atoms with van der Waals surface area (Å²) in [5.74, 6) is -0.660. The van der Waals surface area contributed by atoms with E-state index >= 15 is 0 Å². The largest absolute Gasteiger partial charge is 0.493 e. The maximum Gasteiger partial charge on any atom is 0.364 e. The predicted octanol–water partition coefficient (Wildman–Crippen LogP) is 5.83. The summed E-state index contributed by atoms with van der Waals surface area (Å²) in [6.07, 6.45) is 4.40. The van der Waals surface area contributed by atoms with E-state index in [1.807, 2.05) is 37.3 Å². The van der Waals surface area contributed by atoms with Crippen LogP contribution in [0, 0.1) is 5.92 Å². The van der Waals surface area contributed by atoms with Gasteiger partial charge >= 0.3 is 7.60 Å². The van der Waals surface area contributed by atoms with Crippen molar-refractivity contribution in [3.8, 4) is 17.1 Å². The molecule has 0 aliphatic rings. The standard InChI is InChI=1S/C34H46N3O9P/c1-6-9-11-16-27(28(7-2)37(24-38)45-22-25-14-12-10-13-15-25)33(39)35-23-36-34(40)30-19-18-29(46-30)26-17-20-32(31(21-26)44-8-3)47(41,42-4)43-5/h10,12-15,17-21,24,27-28H,6-9,11,16,22-23H2,1-5H3,(H,35,39)(H,36,40)/t27-,28-/m1/s1. The number of hydrogen-bond acceptors (Lipinski definition) is 9. The van der Waals surface area contributed by atoms with Gasteiger partial charge in [0.1, 0.15) is 23.4 Å². The summed E-state index contributed by atoms with van der Waals surface area (Å²) in [5.41, 5.74) is 1.48. The molecular weight excluding hydrogens is 625 g/mol. The van der Waals surface area contributed by atoms with Crippen LogP contribution in [0.15, 0.2) is 65.1 Å². The zero-order chi connectivity index (χ0) is 34.2. The number of carbonyl (C=O) groups is 3. The lowest BCUT2D eigenvalue weighted by Gasteiger charge is -2.32. The van der Waals surface area contributed by atoms with Gasteiger partial charge in [0.05, 0.1) is 25.2 Å². The summed E-state index contributed by atoms with van der Waals surface area (Å²) in [5, 5.41) is 6.96. The van der Waals surface area contributed by atoms with Crippen molar-refractivity contribution < 1.29 is 42.0 Å². The number of ether oxygens (including phenoxy) is 1. The van der Waals surface area contributed by atoms with Crippen LogP contribution in [0.1, 0.15) is 69.0 Å². The van der Waals surface area contributed by atoms with Gasteiger partial charge in [-0.1, -0.05) is 69.5 Å². The number of furan rings is 1. The maximum absolute atomic E-state index is 13.4. The minimum absolute atomic E-state index is 0.0307. The second-order valence-electron chi connectivity index (χ2n) is 10.7. The molecule has 47 heavy (non-hydrogen) atoms. The molecule has 256 valence electrons. The fourth-order valence-electron chi connectivity index (χ4n) is 5.16. The molecule has 0 saturated heterocycles. The van der Waals surface area contributed by atoms with E-state index in [2.05, 4.69) is 17.6 Å². The Morgan fingerprint density at radius 2 is 1.72 bits per heavy atom. The van der Waals surface area contributed by atoms with E-state index in [4.69, 9.17) is 23.0 Å². The van der Waals surface area contributed by atoms with Crippen LogP contribution in [0.5, 0.6) is 5.75 Å². The molecular formula is C34H46N3O9P. The molecule has 2 aromatic carbocycles. The van der Waals surface area contributed by atoms with Gasteiger partial charge in [0.2, 0.25) is 12.3 Å². The highest BCUT2D eigenvalue weighted by atomic mass is 31.2. The summed E-state index contributed by atoms with van der Waals surface area (Å²) in [6, 6.07) is 17.0. The number of hydrogen-bond donors (Lipinski definition) is 2. The van der Waals surface area contributed by atoms with Crippen molar-refractivity contribution in [2.24, 2.45) is 5.92 Å². The first-order valence-corrected chi connectivity index (χ1v) is 17.3. The fourth-order valence-corrected chi connectivity index (χ4v) is 6.36. The Hall–Kier alpha value is -3.96. The van der Waals surface area contributed by atoms with Gasteiger partial charge in [0, 0.05) is 19.8 Å². The summed E-state index contributed by atoms with van der Waals surface area (Å²) in [7, 11) is -0.982. The Balaban J connectivity index is 1.66. The van der Waals surface area contributed by atoms with Crippen LogP contribution >= 0.6 is 7.60 Å². The zero-order valence-corrected chi connectivity index (χ0v) is 28.6. The molecule has 0 saturated carbocycles. The molecule has 12 nitrogen and oxygen atoms in total. The number of unbranched alkanes of at least 4 members (excludes halogenated alkanes) is 2. The number of benzene rings is 2. The SMILES string of the molecule is CCCCC[C@@H](C(=O)NCNC(=O)c1ccc(-c2ccc(P(=O)(OC)OC)c(OCC)c2)o1)[C@@H](CC)N(C=O)OCc1ccccc1. The minimum atomic E-state index is -3.57. The lowest BCUT2D eigenvalue weighted by Crippen LogP contribution is -2.48. The molecule has 2 N–H and O–H groups in total. The Bertz CT molecular complexity index is 1470. The van der Waals surface area contributed by atoms with Gasteiger partial charge in [-0.3, -0.25) is 23.8 Å². The van der Waals surface area contributed by atoms with Crippen molar-refractivity contribution in [2.45, 2.75) is 65.5 Å². The Kier molecular flexibility index (Phi) is 15.2. The molecule has 13 heteroatoms. The van der Waals surface area contributed by atoms with Crippen LogP contribution in [-0.2, 0) is 34.6 Å². The van der Waals surface area contributed by atoms with Crippen molar-refractivity contribution in [3.05, 3.63) is 72.0 Å². The smallest absolute Gasteiger partial charge is 0.364 e. The molecule has 0 spiro atoms. The third-order valence-electron chi connectivity index (χ3n) is 7.65. The molecule has 1 heterocycles. The molecule has 0 radical (unpaired) electrons. The number of rotatable bonds is 21. The lowest BCUT2D eigenvalue weighted by molar-refractivity contribution is -0.200. The summed E-state index contributed by atoms with van der Waals surface area (Å²) >= 11 is 0. The monoisotopic (exact) mass is 671 g/mol. The Morgan fingerprint density at radius 3 is 2.36 bits per heavy atom. The molecule has 0 aliphatic carbocycles. The van der Waals surface area contributed by atoms with Gasteiger partial charge in [-0.2, -0.15) is 0 Å². The second-order valence-corrected chi connectivity index (χ2v) is 12.9. The number of amides is 3. The molecule has 0 bridgehead atoms. The molecule has 2 atom stereocenters. The average Bonchev–Trinajstić information content (AvgIpc) is 3.60. The Morgan fingerprint density at radius 1 is 0.979 bits per heavy atom. The lowest BCUT2D eigenvalue weighted by atomic mass is 9.90. The first-order chi connectivity index (χ1) is 22.7. The molecule has 1 aromatic heterocycles. The molecule has 3 rings (SSSR count). The number of nitrogens with zero attached hydrogens (tertiary/aromatic N) is 1. The zero-order valence-electron chi connectivity index (χ0n) is 27.7. The van der Waals surface area contributed by atoms with Crippen LogP contribution in [-0.4, -0.2) is 56.8 Å². The number of carbonyl (C=O) groups excluding carboxylic acids is 3. The van der Waals surface area contributed by atoms with Crippen molar-refractivity contribution in [1.29, 1.82) is 0 Å². The van der Waals surface area contributed by atoms with E-state index in [9.17, 15) is 18.9 Å². The Labute approximate surface area is 276 Å². The highest BCUT2D eigenvalue weighted by Gasteiger charge is 2.32. The third-order valence-corrected chi connectivity index (χ3v) is 9.57. The average molecular weight is 672 g/mol. The van der Waals surface area contributed by atoms with E-state index in [1.54, 1.807) is 31.2 Å². The first kappa shape index (κ1) is 37.5. The fraction of sp³-hybridized carbons (Fsp3) is 0.441. The van der Waals surface area contributed by atoms with E-state index in [1.165, 1.54) is 25.3 Å². The van der Waals surface area contributed by atoms with E-state index in [-0.39, 0.29) is 30.2 Å². The van der Waals surface area contributed by atoms with Crippen molar-refractivity contribution >= 4 is 31.1 Å². The van der Waals surface area contributed by atoms with Crippen LogP contribution in [0.3, 0.4) is 0 Å². The van der Waals surface area contributed by atoms with Crippen molar-refractivity contribution in [1.82, 2.24) is 15.7 Å². The van der Waals surface area contributed by atoms with Gasteiger partial charge in [0.15, 0.2) is 5.76 Å². The van der Waals surface area contributed by atoms with Gasteiger partial charge in [-0.15, -0.1) is 0 Å². The van der Waals surface area contributed by atoms with Crippen LogP contribution < -0.4 is 20.7 Å². The molecule has 3 amide bonds. The topological polar surface area (TPSA) is 146 Å². The van der Waals surface area contributed by atoms with Crippen LogP contribution in [0.4, 0.5) is 0 Å². The maximum atomic E-state index is 13.4. The van der Waals surface area contributed by atoms with Crippen molar-refractivity contribution in [2.75, 3.05) is 27.5 Å². The number of nitrogens with one attached hydrogen (secondary N) is 2. The summed E-state index contributed by atoms with van der Waals surface area (Å²) < 4.78 is 34.7. The van der Waals surface area contributed by atoms with E-state index in [0.29, 0.717) is 42.9 Å². The predicted molar refractivity (Wildman–Crippen MR) is 178 cm³/mol. The molecule has 3 aromatic rings. The van der Waals surface area contributed by atoms with Gasteiger partial charge in [0.25, 0.3) is 5.91 Å². The minimum Gasteiger partial charge on any atom is -0.493 e. The second kappa shape index (κ2) is 19.0. The van der Waals surface area contributed by atoms with E-state index in [0.717, 1.165) is 24.8 Å². The summed E-state index contributed by atoms with van der Waals surface area (Å²) in [6.45, 7) is 6.14. The van der Waals surface area contributed by atoms with Crippen molar-refractivity contribution in [3.63, 3.8) is 0 Å². The van der Waals surface area contributed by atoms with Crippen LogP contribution in [0.2, 0.25) is 0 Å². The van der Waals surface area contributed by atoms with Gasteiger partial charge in [-0.25, -0.2) is 5.06 Å². The highest BCUT2D eigenvalue weighted by molar-refractivity contribution is 7.62. The normalized spacial score (nSPS) is 12.6.